The van der Waals surface area contributed by atoms with E-state index in [0.717, 1.165) is 12.1 Å². The van der Waals surface area contributed by atoms with E-state index in [1.54, 1.807) is 27.7 Å². The molecule has 0 bridgehead atoms. The molecule has 0 radical (unpaired) electrons. The summed E-state index contributed by atoms with van der Waals surface area (Å²) >= 11 is 3.41. The van der Waals surface area contributed by atoms with Crippen LogP contribution in [0, 0.1) is 0 Å². The van der Waals surface area contributed by atoms with E-state index in [1.165, 1.54) is 48.3 Å². The Hall–Kier alpha value is -1.50. The zero-order valence-corrected chi connectivity index (χ0v) is 17.5. The third-order valence-corrected chi connectivity index (χ3v) is 7.57. The van der Waals surface area contributed by atoms with Gasteiger partial charge in [0.2, 0.25) is 0 Å². The van der Waals surface area contributed by atoms with Crippen molar-refractivity contribution in [3.05, 3.63) is 44.8 Å². The Bertz CT molecular complexity index is 761. The second-order valence-electron chi connectivity index (χ2n) is 7.56. The molecule has 1 aliphatic heterocycles. The van der Waals surface area contributed by atoms with Crippen molar-refractivity contribution >= 4 is 34.3 Å². The topological polar surface area (TPSA) is 35.9 Å². The minimum Gasteiger partial charge on any atom is -0.295 e. The first-order valence-corrected chi connectivity index (χ1v) is 11.7. The summed E-state index contributed by atoms with van der Waals surface area (Å²) in [5.41, 5.74) is 1.04. The Morgan fingerprint density at radius 3 is 2.56 bits per heavy atom. The van der Waals surface area contributed by atoms with Gasteiger partial charge >= 0.3 is 0 Å². The van der Waals surface area contributed by atoms with Crippen molar-refractivity contribution in [3.8, 4) is 0 Å². The predicted molar refractivity (Wildman–Crippen MR) is 113 cm³/mol. The summed E-state index contributed by atoms with van der Waals surface area (Å²) in [4.78, 5) is 17.8. The van der Waals surface area contributed by atoms with Crippen LogP contribution in [0.3, 0.4) is 0 Å². The maximum atomic E-state index is 13.2. The Morgan fingerprint density at radius 1 is 1.15 bits per heavy atom. The molecule has 2 aromatic heterocycles. The van der Waals surface area contributed by atoms with Gasteiger partial charge in [-0.1, -0.05) is 37.8 Å². The first-order chi connectivity index (χ1) is 13.2. The van der Waals surface area contributed by atoms with E-state index in [4.69, 9.17) is 5.10 Å². The molecule has 4 nitrogen and oxygen atoms in total. The first kappa shape index (κ1) is 18.8. The summed E-state index contributed by atoms with van der Waals surface area (Å²) < 4.78 is 0. The highest BCUT2D eigenvalue weighted by Crippen LogP contribution is 2.36. The smallest absolute Gasteiger partial charge is 0.257 e. The third-order valence-electron chi connectivity index (χ3n) is 5.68. The molecule has 0 saturated heterocycles. The molecule has 3 heterocycles. The fourth-order valence-corrected chi connectivity index (χ4v) is 5.68. The average Bonchev–Trinajstić information content (AvgIpc) is 3.39. The lowest BCUT2D eigenvalue weighted by Gasteiger charge is -2.29. The lowest BCUT2D eigenvalue weighted by Crippen LogP contribution is -2.41. The van der Waals surface area contributed by atoms with Gasteiger partial charge in [-0.2, -0.15) is 5.10 Å². The van der Waals surface area contributed by atoms with Crippen molar-refractivity contribution in [1.82, 2.24) is 9.91 Å². The number of hydrogen-bond donors (Lipinski definition) is 0. The van der Waals surface area contributed by atoms with E-state index in [1.807, 2.05) is 6.07 Å². The second-order valence-corrected chi connectivity index (χ2v) is 9.49. The molecule has 6 heteroatoms. The van der Waals surface area contributed by atoms with Crippen LogP contribution in [-0.4, -0.2) is 41.2 Å². The van der Waals surface area contributed by atoms with Crippen molar-refractivity contribution in [2.45, 2.75) is 57.0 Å². The number of nitrogens with zero attached hydrogens (tertiary/aromatic N) is 3. The Morgan fingerprint density at radius 2 is 1.89 bits per heavy atom. The van der Waals surface area contributed by atoms with Gasteiger partial charge in [-0.15, -0.1) is 22.7 Å². The van der Waals surface area contributed by atoms with E-state index >= 15 is 0 Å². The highest BCUT2D eigenvalue weighted by atomic mass is 32.1. The van der Waals surface area contributed by atoms with Crippen LogP contribution >= 0.6 is 22.7 Å². The van der Waals surface area contributed by atoms with Crippen LogP contribution in [0.25, 0.3) is 0 Å². The van der Waals surface area contributed by atoms with Crippen LogP contribution in [0.15, 0.2) is 40.1 Å². The number of rotatable bonds is 5. The molecule has 0 aromatic carbocycles. The quantitative estimate of drug-likeness (QED) is 0.650. The Labute approximate surface area is 169 Å². The lowest BCUT2D eigenvalue weighted by molar-refractivity contribution is -0.134. The van der Waals surface area contributed by atoms with E-state index in [2.05, 4.69) is 40.9 Å². The number of hydrogen-bond acceptors (Lipinski definition) is 5. The maximum absolute atomic E-state index is 13.2. The highest BCUT2D eigenvalue weighted by molar-refractivity contribution is 7.12. The molecular weight excluding hydrogens is 374 g/mol. The monoisotopic (exact) mass is 401 g/mol. The van der Waals surface area contributed by atoms with Crippen molar-refractivity contribution in [2.75, 3.05) is 13.6 Å². The third kappa shape index (κ3) is 4.33. The summed E-state index contributed by atoms with van der Waals surface area (Å²) in [6.45, 7) is 0.452. The molecule has 1 amide bonds. The minimum atomic E-state index is 0.0390. The van der Waals surface area contributed by atoms with Gasteiger partial charge in [0, 0.05) is 17.3 Å². The summed E-state index contributed by atoms with van der Waals surface area (Å²) in [7, 11) is 2.11. The van der Waals surface area contributed by atoms with Gasteiger partial charge in [0.05, 0.1) is 23.2 Å². The molecule has 0 N–H and O–H groups in total. The molecule has 4 rings (SSSR count). The Balaban J connectivity index is 1.50. The number of amides is 1. The summed E-state index contributed by atoms with van der Waals surface area (Å²) in [6.07, 6.45) is 8.46. The molecule has 1 unspecified atom stereocenters. The molecule has 1 saturated carbocycles. The van der Waals surface area contributed by atoms with Gasteiger partial charge in [-0.3, -0.25) is 9.69 Å². The second kappa shape index (κ2) is 8.67. The molecule has 27 heavy (non-hydrogen) atoms. The summed E-state index contributed by atoms with van der Waals surface area (Å²) in [5, 5.41) is 10.7. The van der Waals surface area contributed by atoms with Gasteiger partial charge in [0.15, 0.2) is 0 Å². The van der Waals surface area contributed by atoms with Crippen LogP contribution < -0.4 is 0 Å². The maximum Gasteiger partial charge on any atom is 0.257 e. The van der Waals surface area contributed by atoms with E-state index in [0.29, 0.717) is 12.6 Å². The average molecular weight is 402 g/mol. The standard InChI is InChI=1S/C21H27N3OS2/c1-23(16-8-4-2-3-5-9-16)15-21(25)24-18(20-11-7-13-27-20)14-17(22-24)19-10-6-12-26-19/h6-7,10-13,16,18H,2-5,8-9,14-15H2,1H3. The van der Waals surface area contributed by atoms with Gasteiger partial charge < -0.3 is 0 Å². The number of likely N-dealkylation sites (N-methyl/N-ethyl adjacent to an activating group) is 1. The summed E-state index contributed by atoms with van der Waals surface area (Å²) in [5.74, 6) is 0.117. The molecule has 2 aromatic rings. The van der Waals surface area contributed by atoms with Crippen molar-refractivity contribution < 1.29 is 4.79 Å². The lowest BCUT2D eigenvalue weighted by atomic mass is 10.1. The van der Waals surface area contributed by atoms with Crippen LogP contribution in [0.5, 0.6) is 0 Å². The van der Waals surface area contributed by atoms with Gasteiger partial charge in [0.1, 0.15) is 0 Å². The van der Waals surface area contributed by atoms with E-state index < -0.39 is 0 Å². The number of thiophene rings is 2. The van der Waals surface area contributed by atoms with Crippen molar-refractivity contribution in [1.29, 1.82) is 0 Å². The van der Waals surface area contributed by atoms with Crippen LogP contribution in [0.1, 0.15) is 60.7 Å². The molecular formula is C21H27N3OS2. The number of carbonyl (C=O) groups is 1. The molecule has 0 spiro atoms. The minimum absolute atomic E-state index is 0.0390. The van der Waals surface area contributed by atoms with E-state index in [9.17, 15) is 4.79 Å². The largest absolute Gasteiger partial charge is 0.295 e. The molecule has 1 aliphatic carbocycles. The molecule has 1 atom stereocenters. The van der Waals surface area contributed by atoms with Gasteiger partial charge in [-0.25, -0.2) is 5.01 Å². The van der Waals surface area contributed by atoms with Crippen molar-refractivity contribution in [2.24, 2.45) is 5.10 Å². The zero-order chi connectivity index (χ0) is 18.6. The normalized spacial score (nSPS) is 21.5. The van der Waals surface area contributed by atoms with E-state index in [-0.39, 0.29) is 11.9 Å². The molecule has 2 aliphatic rings. The fraction of sp³-hybridized carbons (Fsp3) is 0.524. The number of hydrazone groups is 1. The molecule has 144 valence electrons. The van der Waals surface area contributed by atoms with Crippen LogP contribution in [0.4, 0.5) is 0 Å². The zero-order valence-electron chi connectivity index (χ0n) is 15.8. The number of carbonyl (C=O) groups excluding carboxylic acids is 1. The molecule has 1 fully saturated rings. The van der Waals surface area contributed by atoms with Crippen LogP contribution in [0.2, 0.25) is 0 Å². The van der Waals surface area contributed by atoms with Crippen LogP contribution in [-0.2, 0) is 4.79 Å². The fourth-order valence-electron chi connectivity index (χ4n) is 4.15. The first-order valence-electron chi connectivity index (χ1n) is 9.89. The van der Waals surface area contributed by atoms with Gasteiger partial charge in [0.25, 0.3) is 5.91 Å². The Kier molecular flexibility index (Phi) is 6.05. The SMILES string of the molecule is CN(CC(=O)N1N=C(c2cccs2)CC1c1cccs1)C1CCCCCC1. The van der Waals surface area contributed by atoms with Gasteiger partial charge in [-0.05, 0) is 42.8 Å². The summed E-state index contributed by atoms with van der Waals surface area (Å²) in [6, 6.07) is 8.89. The van der Waals surface area contributed by atoms with Crippen molar-refractivity contribution in [3.63, 3.8) is 0 Å². The highest BCUT2D eigenvalue weighted by Gasteiger charge is 2.34. The predicted octanol–water partition coefficient (Wildman–Crippen LogP) is 5.14.